The first-order valence-electron chi connectivity index (χ1n) is 5.88. The van der Waals surface area contributed by atoms with E-state index in [4.69, 9.17) is 11.6 Å². The van der Waals surface area contributed by atoms with Gasteiger partial charge in [-0.3, -0.25) is 0 Å². The molecule has 0 spiro atoms. The number of hydrogen-bond donors (Lipinski definition) is 0. The molecule has 0 unspecified atom stereocenters. The van der Waals surface area contributed by atoms with Crippen LogP contribution in [-0.4, -0.2) is 43.1 Å². The lowest BCUT2D eigenvalue weighted by molar-refractivity contribution is -0.134. The van der Waals surface area contributed by atoms with Gasteiger partial charge in [-0.05, 0) is 19.3 Å². The van der Waals surface area contributed by atoms with E-state index < -0.39 is 34.8 Å². The van der Waals surface area contributed by atoms with Crippen molar-refractivity contribution in [2.75, 3.05) is 18.2 Å². The number of hydrogen-bond acceptors (Lipinski definition) is 2. The predicted octanol–water partition coefficient (Wildman–Crippen LogP) is 2.75. The molecular formula is C10H17ClF3NO2S. The van der Waals surface area contributed by atoms with E-state index in [0.29, 0.717) is 0 Å². The Kier molecular flexibility index (Phi) is 5.73. The number of sulfonamides is 1. The SMILES string of the molecule is O=S(=O)(CCCC(F)(F)F)N(CCCl)C1CCC1. The lowest BCUT2D eigenvalue weighted by Gasteiger charge is -2.36. The third kappa shape index (κ3) is 4.93. The van der Waals surface area contributed by atoms with Crippen molar-refractivity contribution in [2.24, 2.45) is 0 Å². The summed E-state index contributed by atoms with van der Waals surface area (Å²) in [6.07, 6.45) is -3.25. The van der Waals surface area contributed by atoms with Crippen LogP contribution in [0.15, 0.2) is 0 Å². The first kappa shape index (κ1) is 16.0. The molecule has 1 rings (SSSR count). The largest absolute Gasteiger partial charge is 0.389 e. The maximum Gasteiger partial charge on any atom is 0.389 e. The molecule has 1 aliphatic rings. The van der Waals surface area contributed by atoms with Crippen LogP contribution in [0, 0.1) is 0 Å². The Morgan fingerprint density at radius 3 is 2.28 bits per heavy atom. The summed E-state index contributed by atoms with van der Waals surface area (Å²) in [5, 5.41) is 0. The summed E-state index contributed by atoms with van der Waals surface area (Å²) in [4.78, 5) is 0. The van der Waals surface area contributed by atoms with Crippen molar-refractivity contribution in [1.82, 2.24) is 4.31 Å². The predicted molar refractivity (Wildman–Crippen MR) is 64.1 cm³/mol. The molecule has 108 valence electrons. The van der Waals surface area contributed by atoms with Gasteiger partial charge < -0.3 is 0 Å². The van der Waals surface area contributed by atoms with Crippen molar-refractivity contribution in [3.8, 4) is 0 Å². The van der Waals surface area contributed by atoms with Crippen LogP contribution >= 0.6 is 11.6 Å². The van der Waals surface area contributed by atoms with Gasteiger partial charge in [0.1, 0.15) is 0 Å². The second kappa shape index (κ2) is 6.43. The van der Waals surface area contributed by atoms with Crippen molar-refractivity contribution in [3.05, 3.63) is 0 Å². The average molecular weight is 308 g/mol. The Morgan fingerprint density at radius 2 is 1.89 bits per heavy atom. The second-order valence-corrected chi connectivity index (χ2v) is 6.84. The lowest BCUT2D eigenvalue weighted by Crippen LogP contribution is -2.46. The third-order valence-electron chi connectivity index (χ3n) is 3.01. The molecule has 0 heterocycles. The topological polar surface area (TPSA) is 37.4 Å². The van der Waals surface area contributed by atoms with Gasteiger partial charge in [0.25, 0.3) is 0 Å². The Bertz CT molecular complexity index is 355. The molecule has 0 bridgehead atoms. The smallest absolute Gasteiger partial charge is 0.212 e. The summed E-state index contributed by atoms with van der Waals surface area (Å²) in [5.41, 5.74) is 0. The first-order chi connectivity index (χ1) is 8.26. The van der Waals surface area contributed by atoms with E-state index >= 15 is 0 Å². The fraction of sp³-hybridized carbons (Fsp3) is 1.00. The van der Waals surface area contributed by atoms with E-state index in [9.17, 15) is 21.6 Å². The van der Waals surface area contributed by atoms with Crippen LogP contribution in [0.25, 0.3) is 0 Å². The van der Waals surface area contributed by atoms with Gasteiger partial charge in [-0.1, -0.05) is 6.42 Å². The molecule has 0 aromatic heterocycles. The zero-order valence-corrected chi connectivity index (χ0v) is 11.5. The monoisotopic (exact) mass is 307 g/mol. The summed E-state index contributed by atoms with van der Waals surface area (Å²) < 4.78 is 61.1. The number of alkyl halides is 4. The van der Waals surface area contributed by atoms with Crippen molar-refractivity contribution in [1.29, 1.82) is 0 Å². The molecule has 0 aromatic rings. The quantitative estimate of drug-likeness (QED) is 0.678. The molecule has 18 heavy (non-hydrogen) atoms. The van der Waals surface area contributed by atoms with Gasteiger partial charge in [0.05, 0.1) is 5.75 Å². The molecule has 0 amide bonds. The van der Waals surface area contributed by atoms with E-state index in [1.165, 1.54) is 4.31 Å². The molecule has 0 N–H and O–H groups in total. The summed E-state index contributed by atoms with van der Waals surface area (Å²) in [7, 11) is -3.62. The molecule has 3 nitrogen and oxygen atoms in total. The average Bonchev–Trinajstić information content (AvgIpc) is 2.11. The van der Waals surface area contributed by atoms with E-state index in [2.05, 4.69) is 0 Å². The number of halogens is 4. The van der Waals surface area contributed by atoms with Gasteiger partial charge in [-0.25, -0.2) is 8.42 Å². The summed E-state index contributed by atoms with van der Waals surface area (Å²) in [5.74, 6) is -0.297. The van der Waals surface area contributed by atoms with E-state index in [1.54, 1.807) is 0 Å². The Balaban J connectivity index is 2.53. The first-order valence-corrected chi connectivity index (χ1v) is 8.03. The van der Waals surface area contributed by atoms with Gasteiger partial charge in [0.15, 0.2) is 0 Å². The standard InChI is InChI=1S/C10H17ClF3NO2S/c11-6-7-15(9-3-1-4-9)18(16,17)8-2-5-10(12,13)14/h9H,1-8H2. The second-order valence-electron chi connectivity index (χ2n) is 4.42. The van der Waals surface area contributed by atoms with E-state index in [1.807, 2.05) is 0 Å². The van der Waals surface area contributed by atoms with Gasteiger partial charge >= 0.3 is 6.18 Å². The minimum Gasteiger partial charge on any atom is -0.212 e. The summed E-state index contributed by atoms with van der Waals surface area (Å²) in [6.45, 7) is 0.181. The molecule has 1 aliphatic carbocycles. The Hall–Kier alpha value is -0.0100. The zero-order valence-electron chi connectivity index (χ0n) is 9.92. The zero-order chi connectivity index (χ0) is 13.8. The van der Waals surface area contributed by atoms with Crippen LogP contribution in [-0.2, 0) is 10.0 Å². The van der Waals surface area contributed by atoms with E-state index in [-0.39, 0.29) is 18.5 Å². The fourth-order valence-corrected chi connectivity index (χ4v) is 3.94. The van der Waals surface area contributed by atoms with Gasteiger partial charge in [0.2, 0.25) is 10.0 Å². The molecule has 0 aromatic carbocycles. The molecule has 0 atom stereocenters. The number of nitrogens with zero attached hydrogens (tertiary/aromatic N) is 1. The molecule has 0 saturated heterocycles. The summed E-state index contributed by atoms with van der Waals surface area (Å²) >= 11 is 5.55. The normalized spacial score (nSPS) is 18.1. The van der Waals surface area contributed by atoms with Crippen LogP contribution in [0.1, 0.15) is 32.1 Å². The number of rotatable bonds is 7. The van der Waals surface area contributed by atoms with Crippen LogP contribution in [0.5, 0.6) is 0 Å². The highest BCUT2D eigenvalue weighted by Crippen LogP contribution is 2.28. The highest BCUT2D eigenvalue weighted by molar-refractivity contribution is 7.89. The maximum absolute atomic E-state index is 12.0. The highest BCUT2D eigenvalue weighted by atomic mass is 35.5. The fourth-order valence-electron chi connectivity index (χ4n) is 1.88. The van der Waals surface area contributed by atoms with Gasteiger partial charge in [-0.15, -0.1) is 11.6 Å². The van der Waals surface area contributed by atoms with Crippen LogP contribution < -0.4 is 0 Å². The van der Waals surface area contributed by atoms with Crippen molar-refractivity contribution < 1.29 is 21.6 Å². The molecule has 1 fully saturated rings. The van der Waals surface area contributed by atoms with Crippen molar-refractivity contribution in [3.63, 3.8) is 0 Å². The molecule has 0 radical (unpaired) electrons. The van der Waals surface area contributed by atoms with E-state index in [0.717, 1.165) is 19.3 Å². The molecule has 0 aliphatic heterocycles. The van der Waals surface area contributed by atoms with Gasteiger partial charge in [0, 0.05) is 24.9 Å². The van der Waals surface area contributed by atoms with Crippen molar-refractivity contribution in [2.45, 2.75) is 44.3 Å². The minimum atomic E-state index is -4.30. The van der Waals surface area contributed by atoms with Gasteiger partial charge in [-0.2, -0.15) is 17.5 Å². The third-order valence-corrected chi connectivity index (χ3v) is 5.18. The Labute approximate surface area is 110 Å². The molecule has 1 saturated carbocycles. The Morgan fingerprint density at radius 1 is 1.28 bits per heavy atom. The van der Waals surface area contributed by atoms with Crippen LogP contribution in [0.2, 0.25) is 0 Å². The maximum atomic E-state index is 12.0. The van der Waals surface area contributed by atoms with Crippen LogP contribution in [0.4, 0.5) is 13.2 Å². The molecular weight excluding hydrogens is 291 g/mol. The highest BCUT2D eigenvalue weighted by Gasteiger charge is 2.34. The lowest BCUT2D eigenvalue weighted by atomic mass is 9.93. The summed E-state index contributed by atoms with van der Waals surface area (Å²) in [6, 6.07) is -0.0698. The van der Waals surface area contributed by atoms with Crippen molar-refractivity contribution >= 4 is 21.6 Å². The molecule has 8 heteroatoms. The van der Waals surface area contributed by atoms with Crippen LogP contribution in [0.3, 0.4) is 0 Å². The minimum absolute atomic E-state index is 0.0698.